The van der Waals surface area contributed by atoms with Gasteiger partial charge < -0.3 is 10.4 Å². The molecule has 0 amide bonds. The van der Waals surface area contributed by atoms with Crippen molar-refractivity contribution < 1.29 is 5.11 Å². The minimum absolute atomic E-state index is 0.329. The summed E-state index contributed by atoms with van der Waals surface area (Å²) < 4.78 is 1.80. The molecule has 29 heavy (non-hydrogen) atoms. The predicted octanol–water partition coefficient (Wildman–Crippen LogP) is 3.25. The zero-order valence-electron chi connectivity index (χ0n) is 16.9. The monoisotopic (exact) mass is 390 g/mol. The Morgan fingerprint density at radius 1 is 1.21 bits per heavy atom. The lowest BCUT2D eigenvalue weighted by molar-refractivity contribution is 0.279. The van der Waals surface area contributed by atoms with Crippen LogP contribution >= 0.6 is 0 Å². The summed E-state index contributed by atoms with van der Waals surface area (Å²) in [6.07, 6.45) is 8.12. The molecule has 3 heterocycles. The van der Waals surface area contributed by atoms with Crippen molar-refractivity contribution in [1.82, 2.24) is 24.9 Å². The van der Waals surface area contributed by atoms with E-state index in [1.807, 2.05) is 19.3 Å². The van der Waals surface area contributed by atoms with E-state index in [1.54, 1.807) is 4.68 Å². The molecule has 1 saturated heterocycles. The van der Waals surface area contributed by atoms with Gasteiger partial charge in [0.15, 0.2) is 5.82 Å². The molecule has 2 aliphatic rings. The number of likely N-dealkylation sites (N-methyl/N-ethyl adjacent to an activating group) is 1. The van der Waals surface area contributed by atoms with Gasteiger partial charge in [-0.1, -0.05) is 13.0 Å². The van der Waals surface area contributed by atoms with Gasteiger partial charge in [0.2, 0.25) is 0 Å². The third-order valence-electron chi connectivity index (χ3n) is 6.21. The zero-order chi connectivity index (χ0) is 20.0. The minimum Gasteiger partial charge on any atom is -0.507 e. The van der Waals surface area contributed by atoms with Crippen LogP contribution < -0.4 is 5.32 Å². The number of nitrogens with zero attached hydrogens (tertiary/aromatic N) is 5. The van der Waals surface area contributed by atoms with E-state index in [4.69, 9.17) is 0 Å². The number of nitrogens with one attached hydrogen (secondary N) is 1. The summed E-state index contributed by atoms with van der Waals surface area (Å²) in [6, 6.07) is 4.02. The molecule has 1 aromatic carbocycles. The molecule has 7 nitrogen and oxygen atoms in total. The molecule has 2 aromatic heterocycles. The Morgan fingerprint density at radius 3 is 2.90 bits per heavy atom. The highest BCUT2D eigenvalue weighted by molar-refractivity contribution is 5.99. The Bertz CT molecular complexity index is 1120. The number of anilines is 1. The number of aromatic hydroxyl groups is 1. The van der Waals surface area contributed by atoms with Crippen molar-refractivity contribution in [2.45, 2.75) is 32.6 Å². The first-order chi connectivity index (χ1) is 14.2. The molecule has 2 N–H and O–H groups in total. The van der Waals surface area contributed by atoms with Gasteiger partial charge in [-0.25, -0.2) is 0 Å². The van der Waals surface area contributed by atoms with Gasteiger partial charge in [0.25, 0.3) is 0 Å². The van der Waals surface area contributed by atoms with Crippen molar-refractivity contribution in [2.24, 2.45) is 7.05 Å². The number of phenols is 1. The first kappa shape index (κ1) is 18.1. The molecule has 150 valence electrons. The van der Waals surface area contributed by atoms with Crippen molar-refractivity contribution in [3.05, 3.63) is 41.2 Å². The van der Waals surface area contributed by atoms with E-state index >= 15 is 0 Å². The van der Waals surface area contributed by atoms with Crippen LogP contribution in [0.5, 0.6) is 5.75 Å². The Labute approximate surface area is 170 Å². The molecule has 1 fully saturated rings. The summed E-state index contributed by atoms with van der Waals surface area (Å²) in [7, 11) is 1.90. The zero-order valence-corrected chi connectivity index (χ0v) is 16.9. The second-order valence-electron chi connectivity index (χ2n) is 7.95. The standard InChI is InChI=1S/C22H26N6O/c1-3-28-10-4-5-14(13-28)11-23-22-18-12-24-27(2)20(18)19(25-26-22)17-9-7-15-6-8-16(15)21(17)29/h7,9,11-12,29H,3-6,8,10,13H2,1-2H3,(H,23,26)/b14-11+. The number of aromatic nitrogens is 4. The minimum atomic E-state index is 0.329. The van der Waals surface area contributed by atoms with E-state index in [0.29, 0.717) is 17.3 Å². The van der Waals surface area contributed by atoms with Crippen LogP contribution in [0.3, 0.4) is 0 Å². The normalized spacial score (nSPS) is 18.1. The largest absolute Gasteiger partial charge is 0.507 e. The van der Waals surface area contributed by atoms with Crippen LogP contribution in [0, 0.1) is 0 Å². The molecule has 0 spiro atoms. The second-order valence-corrected chi connectivity index (χ2v) is 7.95. The fourth-order valence-corrected chi connectivity index (χ4v) is 4.38. The quantitative estimate of drug-likeness (QED) is 0.712. The Balaban J connectivity index is 1.52. The number of hydrogen-bond donors (Lipinski definition) is 2. The van der Waals surface area contributed by atoms with E-state index in [0.717, 1.165) is 54.4 Å². The molecule has 5 rings (SSSR count). The van der Waals surface area contributed by atoms with Crippen LogP contribution in [0.2, 0.25) is 0 Å². The SMILES string of the molecule is CCN1CCC/C(=C\Nc2nnc(-c3ccc4c(c3O)CC4)c3c2cnn3C)C1. The van der Waals surface area contributed by atoms with Gasteiger partial charge in [0.05, 0.1) is 17.1 Å². The van der Waals surface area contributed by atoms with E-state index in [1.165, 1.54) is 24.1 Å². The van der Waals surface area contributed by atoms with Gasteiger partial charge in [-0.2, -0.15) is 5.10 Å². The molecule has 0 radical (unpaired) electrons. The van der Waals surface area contributed by atoms with Gasteiger partial charge in [0.1, 0.15) is 11.4 Å². The van der Waals surface area contributed by atoms with Gasteiger partial charge in [-0.3, -0.25) is 9.58 Å². The average Bonchev–Trinajstić information content (AvgIpc) is 3.10. The van der Waals surface area contributed by atoms with Crippen LogP contribution in [0.4, 0.5) is 5.82 Å². The maximum Gasteiger partial charge on any atom is 0.163 e. The topological polar surface area (TPSA) is 79.1 Å². The summed E-state index contributed by atoms with van der Waals surface area (Å²) in [4.78, 5) is 2.44. The smallest absolute Gasteiger partial charge is 0.163 e. The van der Waals surface area contributed by atoms with Crippen molar-refractivity contribution >= 4 is 16.7 Å². The van der Waals surface area contributed by atoms with Crippen LogP contribution in [-0.4, -0.2) is 49.6 Å². The first-order valence-corrected chi connectivity index (χ1v) is 10.3. The summed E-state index contributed by atoms with van der Waals surface area (Å²) in [5, 5.41) is 28.4. The molecular formula is C22H26N6O. The Hall–Kier alpha value is -2.93. The maximum atomic E-state index is 10.7. The molecule has 7 heteroatoms. The second kappa shape index (κ2) is 7.15. The molecule has 0 atom stereocenters. The lowest BCUT2D eigenvalue weighted by Gasteiger charge is -2.27. The highest BCUT2D eigenvalue weighted by Gasteiger charge is 2.24. The summed E-state index contributed by atoms with van der Waals surface area (Å²) >= 11 is 0. The average molecular weight is 390 g/mol. The van der Waals surface area contributed by atoms with Gasteiger partial charge in [-0.15, -0.1) is 10.2 Å². The maximum absolute atomic E-state index is 10.7. The predicted molar refractivity (Wildman–Crippen MR) is 114 cm³/mol. The number of aryl methyl sites for hydroxylation is 2. The van der Waals surface area contributed by atoms with Crippen LogP contribution in [-0.2, 0) is 19.9 Å². The number of phenolic OH excluding ortho intramolecular Hbond substituents is 1. The van der Waals surface area contributed by atoms with Crippen molar-refractivity contribution in [3.8, 4) is 17.0 Å². The van der Waals surface area contributed by atoms with E-state index in [2.05, 4.69) is 44.7 Å². The number of hydrogen-bond acceptors (Lipinski definition) is 6. The van der Waals surface area contributed by atoms with Crippen molar-refractivity contribution in [2.75, 3.05) is 25.0 Å². The third kappa shape index (κ3) is 3.06. The lowest BCUT2D eigenvalue weighted by atomic mass is 9.85. The Kier molecular flexibility index (Phi) is 4.47. The van der Waals surface area contributed by atoms with Gasteiger partial charge in [-0.05, 0) is 61.5 Å². The van der Waals surface area contributed by atoms with Crippen LogP contribution in [0.25, 0.3) is 22.2 Å². The third-order valence-corrected chi connectivity index (χ3v) is 6.21. The summed E-state index contributed by atoms with van der Waals surface area (Å²) in [5.74, 6) is 1.02. The highest BCUT2D eigenvalue weighted by atomic mass is 16.3. The number of benzene rings is 1. The number of rotatable bonds is 4. The lowest BCUT2D eigenvalue weighted by Crippen LogP contribution is -2.31. The first-order valence-electron chi connectivity index (χ1n) is 10.3. The highest BCUT2D eigenvalue weighted by Crippen LogP contribution is 2.41. The molecule has 0 saturated carbocycles. The number of piperidine rings is 1. The van der Waals surface area contributed by atoms with E-state index in [-0.39, 0.29) is 0 Å². The molecule has 1 aliphatic heterocycles. The fraction of sp³-hybridized carbons (Fsp3) is 0.409. The van der Waals surface area contributed by atoms with Crippen LogP contribution in [0.15, 0.2) is 30.1 Å². The molecule has 1 aliphatic carbocycles. The van der Waals surface area contributed by atoms with E-state index in [9.17, 15) is 5.11 Å². The molecular weight excluding hydrogens is 364 g/mol. The van der Waals surface area contributed by atoms with Crippen molar-refractivity contribution in [1.29, 1.82) is 0 Å². The number of fused-ring (bicyclic) bond motifs is 2. The fourth-order valence-electron chi connectivity index (χ4n) is 4.38. The molecule has 0 bridgehead atoms. The van der Waals surface area contributed by atoms with Crippen LogP contribution in [0.1, 0.15) is 30.9 Å². The summed E-state index contributed by atoms with van der Waals surface area (Å²) in [6.45, 7) is 5.43. The molecule has 3 aromatic rings. The van der Waals surface area contributed by atoms with Crippen molar-refractivity contribution in [3.63, 3.8) is 0 Å². The Morgan fingerprint density at radius 2 is 2.10 bits per heavy atom. The summed E-state index contributed by atoms with van der Waals surface area (Å²) in [5.41, 5.74) is 5.89. The van der Waals surface area contributed by atoms with Gasteiger partial charge >= 0.3 is 0 Å². The molecule has 0 unspecified atom stereocenters. The number of likely N-dealkylation sites (tertiary alicyclic amines) is 1. The van der Waals surface area contributed by atoms with Gasteiger partial charge in [0, 0.05) is 25.4 Å². The van der Waals surface area contributed by atoms with E-state index < -0.39 is 0 Å².